The SMILES string of the molecule is CN=C(NCc1cccc(NC(C)=O)c1)NC1CCN(Cc2ccccc2)C(C)C1.I. The van der Waals surface area contributed by atoms with E-state index >= 15 is 0 Å². The zero-order valence-electron chi connectivity index (χ0n) is 18.6. The summed E-state index contributed by atoms with van der Waals surface area (Å²) in [4.78, 5) is 18.2. The molecule has 0 aliphatic carbocycles. The van der Waals surface area contributed by atoms with Gasteiger partial charge in [-0.15, -0.1) is 24.0 Å². The van der Waals surface area contributed by atoms with Crippen molar-refractivity contribution in [2.24, 2.45) is 4.99 Å². The van der Waals surface area contributed by atoms with Gasteiger partial charge in [-0.05, 0) is 43.0 Å². The summed E-state index contributed by atoms with van der Waals surface area (Å²) in [6, 6.07) is 19.5. The summed E-state index contributed by atoms with van der Waals surface area (Å²) in [5.41, 5.74) is 3.27. The van der Waals surface area contributed by atoms with Crippen molar-refractivity contribution in [3.05, 3.63) is 65.7 Å². The fourth-order valence-corrected chi connectivity index (χ4v) is 3.94. The van der Waals surface area contributed by atoms with E-state index in [2.05, 4.69) is 63.1 Å². The normalized spacial score (nSPS) is 19.3. The predicted molar refractivity (Wildman–Crippen MR) is 139 cm³/mol. The van der Waals surface area contributed by atoms with E-state index in [1.54, 1.807) is 7.05 Å². The minimum absolute atomic E-state index is 0. The van der Waals surface area contributed by atoms with E-state index in [4.69, 9.17) is 0 Å². The van der Waals surface area contributed by atoms with Crippen LogP contribution in [0.4, 0.5) is 5.69 Å². The van der Waals surface area contributed by atoms with Crippen molar-refractivity contribution < 1.29 is 4.79 Å². The number of benzene rings is 2. The summed E-state index contributed by atoms with van der Waals surface area (Å²) >= 11 is 0. The third-order valence-corrected chi connectivity index (χ3v) is 5.51. The van der Waals surface area contributed by atoms with E-state index in [-0.39, 0.29) is 29.9 Å². The average Bonchev–Trinajstić information content (AvgIpc) is 2.73. The van der Waals surface area contributed by atoms with Gasteiger partial charge in [0.15, 0.2) is 5.96 Å². The second-order valence-corrected chi connectivity index (χ2v) is 7.98. The zero-order valence-corrected chi connectivity index (χ0v) is 20.9. The first-order valence-corrected chi connectivity index (χ1v) is 10.6. The highest BCUT2D eigenvalue weighted by atomic mass is 127. The highest BCUT2D eigenvalue weighted by Crippen LogP contribution is 2.20. The number of nitrogens with zero attached hydrogens (tertiary/aromatic N) is 2. The third kappa shape index (κ3) is 8.14. The molecule has 6 nitrogen and oxygen atoms in total. The molecule has 3 rings (SSSR count). The predicted octanol–water partition coefficient (Wildman–Crippen LogP) is 3.98. The largest absolute Gasteiger partial charge is 0.354 e. The second kappa shape index (κ2) is 12.7. The molecular weight excluding hydrogens is 501 g/mol. The van der Waals surface area contributed by atoms with E-state index in [9.17, 15) is 4.79 Å². The summed E-state index contributed by atoms with van der Waals surface area (Å²) in [6.07, 6.45) is 2.18. The molecule has 0 radical (unpaired) electrons. The number of piperidine rings is 1. The number of aliphatic imine (C=N–C) groups is 1. The number of nitrogens with one attached hydrogen (secondary N) is 3. The maximum absolute atomic E-state index is 11.3. The molecule has 3 N–H and O–H groups in total. The Morgan fingerprint density at radius 3 is 2.55 bits per heavy atom. The number of likely N-dealkylation sites (tertiary alicyclic amines) is 1. The highest BCUT2D eigenvalue weighted by Gasteiger charge is 2.25. The first kappa shape index (κ1) is 25.1. The summed E-state index contributed by atoms with van der Waals surface area (Å²) in [5, 5.41) is 9.79. The number of amides is 1. The minimum Gasteiger partial charge on any atom is -0.354 e. The number of guanidine groups is 1. The Bertz CT molecular complexity index is 858. The van der Waals surface area contributed by atoms with Crippen molar-refractivity contribution in [3.63, 3.8) is 0 Å². The molecule has 0 spiro atoms. The Balaban J connectivity index is 0.00000341. The van der Waals surface area contributed by atoms with Gasteiger partial charge < -0.3 is 16.0 Å². The molecule has 31 heavy (non-hydrogen) atoms. The molecule has 7 heteroatoms. The van der Waals surface area contributed by atoms with Gasteiger partial charge in [0.1, 0.15) is 0 Å². The first-order valence-electron chi connectivity index (χ1n) is 10.6. The number of hydrogen-bond acceptors (Lipinski definition) is 3. The summed E-state index contributed by atoms with van der Waals surface area (Å²) < 4.78 is 0. The summed E-state index contributed by atoms with van der Waals surface area (Å²) in [7, 11) is 1.80. The molecule has 0 aromatic heterocycles. The molecule has 1 amide bonds. The molecule has 2 aromatic rings. The highest BCUT2D eigenvalue weighted by molar-refractivity contribution is 14.0. The Kier molecular flexibility index (Phi) is 10.3. The molecule has 1 heterocycles. The summed E-state index contributed by atoms with van der Waals surface area (Å²) in [5.74, 6) is 0.749. The fraction of sp³-hybridized carbons (Fsp3) is 0.417. The number of carbonyl (C=O) groups excluding carboxylic acids is 1. The van der Waals surface area contributed by atoms with Crippen molar-refractivity contribution in [3.8, 4) is 0 Å². The zero-order chi connectivity index (χ0) is 21.3. The molecule has 0 bridgehead atoms. The van der Waals surface area contributed by atoms with Gasteiger partial charge in [0, 0.05) is 51.4 Å². The maximum atomic E-state index is 11.3. The Hall–Kier alpha value is -2.13. The van der Waals surface area contributed by atoms with Gasteiger partial charge in [-0.2, -0.15) is 0 Å². The van der Waals surface area contributed by atoms with E-state index in [1.165, 1.54) is 12.5 Å². The second-order valence-electron chi connectivity index (χ2n) is 7.98. The van der Waals surface area contributed by atoms with Crippen LogP contribution in [0.3, 0.4) is 0 Å². The Labute approximate surface area is 202 Å². The van der Waals surface area contributed by atoms with Gasteiger partial charge in [-0.25, -0.2) is 0 Å². The van der Waals surface area contributed by atoms with Gasteiger partial charge in [0.05, 0.1) is 0 Å². The lowest BCUT2D eigenvalue weighted by atomic mass is 9.97. The Morgan fingerprint density at radius 2 is 1.87 bits per heavy atom. The van der Waals surface area contributed by atoms with E-state index in [1.807, 2.05) is 24.3 Å². The quantitative estimate of drug-likeness (QED) is 0.298. The van der Waals surface area contributed by atoms with Gasteiger partial charge in [0.2, 0.25) is 5.91 Å². The van der Waals surface area contributed by atoms with Gasteiger partial charge in [-0.1, -0.05) is 42.5 Å². The van der Waals surface area contributed by atoms with Crippen LogP contribution in [0, 0.1) is 0 Å². The minimum atomic E-state index is -0.0645. The number of hydrogen-bond donors (Lipinski definition) is 3. The Morgan fingerprint density at radius 1 is 1.13 bits per heavy atom. The summed E-state index contributed by atoms with van der Waals surface area (Å²) in [6.45, 7) is 6.55. The molecule has 168 valence electrons. The van der Waals surface area contributed by atoms with Crippen molar-refractivity contribution in [1.29, 1.82) is 0 Å². The smallest absolute Gasteiger partial charge is 0.221 e. The molecule has 1 fully saturated rings. The average molecular weight is 535 g/mol. The molecule has 2 unspecified atom stereocenters. The lowest BCUT2D eigenvalue weighted by Gasteiger charge is -2.38. The van der Waals surface area contributed by atoms with Crippen LogP contribution in [-0.2, 0) is 17.9 Å². The standard InChI is InChI=1S/C24H33N5O.HI/c1-18-14-23(12-13-29(18)17-20-8-5-4-6-9-20)28-24(25-3)26-16-21-10-7-11-22(15-21)27-19(2)30;/h4-11,15,18,23H,12-14,16-17H2,1-3H3,(H,27,30)(H2,25,26,28);1H. The molecule has 1 saturated heterocycles. The van der Waals surface area contributed by atoms with Crippen LogP contribution in [0.15, 0.2) is 59.6 Å². The molecule has 1 aliphatic heterocycles. The topological polar surface area (TPSA) is 68.8 Å². The van der Waals surface area contributed by atoms with Crippen molar-refractivity contribution >= 4 is 41.5 Å². The van der Waals surface area contributed by atoms with Crippen molar-refractivity contribution in [2.75, 3.05) is 18.9 Å². The van der Waals surface area contributed by atoms with Crippen LogP contribution in [0.25, 0.3) is 0 Å². The van der Waals surface area contributed by atoms with Crippen molar-refractivity contribution in [2.45, 2.75) is 51.9 Å². The van der Waals surface area contributed by atoms with Crippen LogP contribution < -0.4 is 16.0 Å². The number of rotatable bonds is 6. The molecule has 1 aliphatic rings. The van der Waals surface area contributed by atoms with Gasteiger partial charge in [0.25, 0.3) is 0 Å². The van der Waals surface area contributed by atoms with E-state index in [0.29, 0.717) is 18.6 Å². The molecule has 2 atom stereocenters. The number of halogens is 1. The van der Waals surface area contributed by atoms with Crippen LogP contribution >= 0.6 is 24.0 Å². The van der Waals surface area contributed by atoms with Gasteiger partial charge >= 0.3 is 0 Å². The first-order chi connectivity index (χ1) is 14.5. The van der Waals surface area contributed by atoms with E-state index < -0.39 is 0 Å². The lowest BCUT2D eigenvalue weighted by Crippen LogP contribution is -2.51. The molecule has 0 saturated carbocycles. The maximum Gasteiger partial charge on any atom is 0.221 e. The van der Waals surface area contributed by atoms with Gasteiger partial charge in [-0.3, -0.25) is 14.7 Å². The third-order valence-electron chi connectivity index (χ3n) is 5.51. The fourth-order valence-electron chi connectivity index (χ4n) is 3.94. The molecular formula is C24H34IN5O. The monoisotopic (exact) mass is 535 g/mol. The van der Waals surface area contributed by atoms with Crippen molar-refractivity contribution in [1.82, 2.24) is 15.5 Å². The number of anilines is 1. The van der Waals surface area contributed by atoms with Crippen LogP contribution in [-0.4, -0.2) is 42.4 Å². The lowest BCUT2D eigenvalue weighted by molar-refractivity contribution is -0.114. The van der Waals surface area contributed by atoms with Crippen LogP contribution in [0.2, 0.25) is 0 Å². The van der Waals surface area contributed by atoms with E-state index in [0.717, 1.165) is 43.1 Å². The van der Waals surface area contributed by atoms with Crippen LogP contribution in [0.1, 0.15) is 37.8 Å². The number of carbonyl (C=O) groups is 1. The molecule has 2 aromatic carbocycles. The van der Waals surface area contributed by atoms with Crippen LogP contribution in [0.5, 0.6) is 0 Å².